The molecule has 0 atom stereocenters. The molecule has 0 radical (unpaired) electrons. The van der Waals surface area contributed by atoms with Crippen molar-refractivity contribution < 1.29 is 9.53 Å². The maximum absolute atomic E-state index is 11.5. The smallest absolute Gasteiger partial charge is 0.338 e. The largest absolute Gasteiger partial charge is 0.465 e. The Hall–Kier alpha value is -1.02. The van der Waals surface area contributed by atoms with Crippen LogP contribution in [0.1, 0.15) is 34.3 Å². The van der Waals surface area contributed by atoms with Crippen LogP contribution < -0.4 is 0 Å². The van der Waals surface area contributed by atoms with Crippen molar-refractivity contribution in [1.29, 1.82) is 0 Å². The molecule has 0 N–H and O–H groups in total. The highest BCUT2D eigenvalue weighted by Gasteiger charge is 2.24. The molecule has 1 aromatic rings. The summed E-state index contributed by atoms with van der Waals surface area (Å²) in [5.74, 6) is 0.468. The number of hydrogen-bond donors (Lipinski definition) is 0. The van der Waals surface area contributed by atoms with Crippen LogP contribution in [-0.4, -0.2) is 13.1 Å². The van der Waals surface area contributed by atoms with Gasteiger partial charge in [-0.15, -0.1) is 0 Å². The monoisotopic (exact) mass is 238 g/mol. The molecule has 0 aliphatic heterocycles. The second kappa shape index (κ2) is 4.46. The number of carbonyl (C=O) groups excluding carboxylic acids is 1. The third-order valence-electron chi connectivity index (χ3n) is 3.14. The van der Waals surface area contributed by atoms with Crippen LogP contribution in [0, 0.1) is 12.8 Å². The SMILES string of the molecule is COC(=O)c1ccc(Cl)c(CC2CC2)c1C. The zero-order chi connectivity index (χ0) is 11.7. The molecule has 86 valence electrons. The second-order valence-corrected chi connectivity index (χ2v) is 4.74. The predicted molar refractivity (Wildman–Crippen MR) is 64.0 cm³/mol. The van der Waals surface area contributed by atoms with E-state index in [0.29, 0.717) is 5.56 Å². The minimum atomic E-state index is -0.286. The molecule has 2 rings (SSSR count). The van der Waals surface area contributed by atoms with Crippen molar-refractivity contribution in [1.82, 2.24) is 0 Å². The van der Waals surface area contributed by atoms with Gasteiger partial charge in [-0.05, 0) is 55.4 Å². The third-order valence-corrected chi connectivity index (χ3v) is 3.49. The van der Waals surface area contributed by atoms with Crippen molar-refractivity contribution in [3.8, 4) is 0 Å². The van der Waals surface area contributed by atoms with Crippen LogP contribution in [0.15, 0.2) is 12.1 Å². The molecule has 1 saturated carbocycles. The van der Waals surface area contributed by atoms with Gasteiger partial charge >= 0.3 is 5.97 Å². The summed E-state index contributed by atoms with van der Waals surface area (Å²) in [6, 6.07) is 3.53. The van der Waals surface area contributed by atoms with E-state index in [1.165, 1.54) is 20.0 Å². The minimum absolute atomic E-state index is 0.286. The lowest BCUT2D eigenvalue weighted by atomic mass is 9.98. The van der Waals surface area contributed by atoms with Gasteiger partial charge in [0.05, 0.1) is 12.7 Å². The summed E-state index contributed by atoms with van der Waals surface area (Å²) in [6.07, 6.45) is 3.53. The maximum atomic E-state index is 11.5. The van der Waals surface area contributed by atoms with E-state index in [4.69, 9.17) is 16.3 Å². The molecule has 0 aromatic heterocycles. The fraction of sp³-hybridized carbons (Fsp3) is 0.462. The lowest BCUT2D eigenvalue weighted by Gasteiger charge is -2.11. The molecule has 1 aromatic carbocycles. The maximum Gasteiger partial charge on any atom is 0.338 e. The first kappa shape index (κ1) is 11.5. The first-order valence-electron chi connectivity index (χ1n) is 5.49. The summed E-state index contributed by atoms with van der Waals surface area (Å²) < 4.78 is 4.75. The third kappa shape index (κ3) is 2.22. The van der Waals surface area contributed by atoms with Crippen LogP contribution in [0.2, 0.25) is 5.02 Å². The molecule has 0 amide bonds. The van der Waals surface area contributed by atoms with E-state index in [0.717, 1.165) is 28.5 Å². The van der Waals surface area contributed by atoms with Gasteiger partial charge in [-0.25, -0.2) is 4.79 Å². The van der Waals surface area contributed by atoms with Crippen LogP contribution in [0.3, 0.4) is 0 Å². The van der Waals surface area contributed by atoms with Crippen molar-refractivity contribution in [2.45, 2.75) is 26.2 Å². The number of carbonyl (C=O) groups is 1. The van der Waals surface area contributed by atoms with Gasteiger partial charge in [0.2, 0.25) is 0 Å². The number of ether oxygens (including phenoxy) is 1. The Morgan fingerprint density at radius 1 is 1.50 bits per heavy atom. The summed E-state index contributed by atoms with van der Waals surface area (Å²) in [5, 5.41) is 0.761. The molecule has 0 heterocycles. The molecule has 0 unspecified atom stereocenters. The van der Waals surface area contributed by atoms with Gasteiger partial charge in [-0.3, -0.25) is 0 Å². The van der Waals surface area contributed by atoms with Crippen LogP contribution in [-0.2, 0) is 11.2 Å². The summed E-state index contributed by atoms with van der Waals surface area (Å²) in [7, 11) is 1.40. The van der Waals surface area contributed by atoms with Gasteiger partial charge in [0.25, 0.3) is 0 Å². The average molecular weight is 239 g/mol. The Balaban J connectivity index is 2.37. The van der Waals surface area contributed by atoms with E-state index >= 15 is 0 Å². The topological polar surface area (TPSA) is 26.3 Å². The van der Waals surface area contributed by atoms with Gasteiger partial charge < -0.3 is 4.74 Å². The molecule has 0 spiro atoms. The first-order valence-corrected chi connectivity index (χ1v) is 5.87. The standard InChI is InChI=1S/C13H15ClO2/c1-8-10(13(15)16-2)5-6-12(14)11(8)7-9-3-4-9/h5-6,9H,3-4,7H2,1-2H3. The Labute approximate surface area is 101 Å². The van der Waals surface area contributed by atoms with Crippen molar-refractivity contribution in [2.75, 3.05) is 7.11 Å². The van der Waals surface area contributed by atoms with Gasteiger partial charge in [0.15, 0.2) is 0 Å². The van der Waals surface area contributed by atoms with Crippen LogP contribution in [0.25, 0.3) is 0 Å². The molecule has 0 saturated heterocycles. The Morgan fingerprint density at radius 3 is 2.75 bits per heavy atom. The van der Waals surface area contributed by atoms with Gasteiger partial charge in [-0.1, -0.05) is 11.6 Å². The average Bonchev–Trinajstić information content (AvgIpc) is 3.07. The normalized spacial score (nSPS) is 14.9. The van der Waals surface area contributed by atoms with E-state index in [-0.39, 0.29) is 5.97 Å². The van der Waals surface area contributed by atoms with Crippen molar-refractivity contribution in [3.05, 3.63) is 33.8 Å². The van der Waals surface area contributed by atoms with Crippen molar-refractivity contribution in [2.24, 2.45) is 5.92 Å². The van der Waals surface area contributed by atoms with Gasteiger partial charge in [0, 0.05) is 5.02 Å². The summed E-state index contributed by atoms with van der Waals surface area (Å²) >= 11 is 6.17. The zero-order valence-corrected chi connectivity index (χ0v) is 10.3. The van der Waals surface area contributed by atoms with E-state index in [9.17, 15) is 4.79 Å². The first-order chi connectivity index (χ1) is 7.63. The Morgan fingerprint density at radius 2 is 2.19 bits per heavy atom. The molecule has 1 fully saturated rings. The quantitative estimate of drug-likeness (QED) is 0.755. The fourth-order valence-electron chi connectivity index (χ4n) is 1.92. The number of benzene rings is 1. The van der Waals surface area contributed by atoms with Crippen LogP contribution in [0.4, 0.5) is 0 Å². The molecule has 3 heteroatoms. The number of hydrogen-bond acceptors (Lipinski definition) is 2. The minimum Gasteiger partial charge on any atom is -0.465 e. The highest BCUT2D eigenvalue weighted by Crippen LogP contribution is 2.36. The summed E-state index contributed by atoms with van der Waals surface area (Å²) in [5.41, 5.74) is 2.70. The van der Waals surface area contributed by atoms with E-state index in [1.807, 2.05) is 6.92 Å². The van der Waals surface area contributed by atoms with E-state index in [1.54, 1.807) is 12.1 Å². The predicted octanol–water partition coefficient (Wildman–Crippen LogP) is 3.39. The van der Waals surface area contributed by atoms with E-state index < -0.39 is 0 Å². The zero-order valence-electron chi connectivity index (χ0n) is 9.55. The Bertz CT molecular complexity index is 422. The van der Waals surface area contributed by atoms with Gasteiger partial charge in [-0.2, -0.15) is 0 Å². The Kier molecular flexibility index (Phi) is 3.20. The molecule has 2 nitrogen and oxygen atoms in total. The highest BCUT2D eigenvalue weighted by atomic mass is 35.5. The second-order valence-electron chi connectivity index (χ2n) is 4.34. The van der Waals surface area contributed by atoms with E-state index in [2.05, 4.69) is 0 Å². The summed E-state index contributed by atoms with van der Waals surface area (Å²) in [6.45, 7) is 1.94. The molecular weight excluding hydrogens is 224 g/mol. The van der Waals surface area contributed by atoms with Crippen LogP contribution >= 0.6 is 11.6 Å². The van der Waals surface area contributed by atoms with Crippen molar-refractivity contribution in [3.63, 3.8) is 0 Å². The van der Waals surface area contributed by atoms with Gasteiger partial charge in [0.1, 0.15) is 0 Å². The highest BCUT2D eigenvalue weighted by molar-refractivity contribution is 6.31. The molecule has 16 heavy (non-hydrogen) atoms. The molecule has 0 bridgehead atoms. The molecular formula is C13H15ClO2. The van der Waals surface area contributed by atoms with Crippen LogP contribution in [0.5, 0.6) is 0 Å². The number of methoxy groups -OCH3 is 1. The molecule has 1 aliphatic carbocycles. The van der Waals surface area contributed by atoms with Crippen molar-refractivity contribution >= 4 is 17.6 Å². The fourth-order valence-corrected chi connectivity index (χ4v) is 2.20. The molecule has 1 aliphatic rings. The number of rotatable bonds is 3. The summed E-state index contributed by atoms with van der Waals surface area (Å²) in [4.78, 5) is 11.5. The lowest BCUT2D eigenvalue weighted by molar-refractivity contribution is 0.0600. The number of halogens is 1. The lowest BCUT2D eigenvalue weighted by Crippen LogP contribution is -2.06. The number of esters is 1.